The largest absolute Gasteiger partial charge is 0.506 e. The van der Waals surface area contributed by atoms with E-state index >= 15 is 0 Å². The van der Waals surface area contributed by atoms with Gasteiger partial charge in [0.05, 0.1) is 18.0 Å². The van der Waals surface area contributed by atoms with Gasteiger partial charge in [-0.25, -0.2) is 0 Å². The summed E-state index contributed by atoms with van der Waals surface area (Å²) in [4.78, 5) is 4.57. The van der Waals surface area contributed by atoms with Crippen molar-refractivity contribution in [3.63, 3.8) is 0 Å². The van der Waals surface area contributed by atoms with Gasteiger partial charge in [-0.3, -0.25) is 0 Å². The first kappa shape index (κ1) is 27.0. The predicted molar refractivity (Wildman–Crippen MR) is 151 cm³/mol. The average molecular weight is 493 g/mol. The first-order valence-corrected chi connectivity index (χ1v) is 12.7. The van der Waals surface area contributed by atoms with Crippen LogP contribution in [0.15, 0.2) is 54.6 Å². The van der Waals surface area contributed by atoms with E-state index in [-0.39, 0.29) is 18.1 Å². The van der Waals surface area contributed by atoms with Gasteiger partial charge in [0, 0.05) is 59.6 Å². The molecule has 0 aliphatic carbocycles. The van der Waals surface area contributed by atoms with Crippen molar-refractivity contribution in [1.29, 1.82) is 0 Å². The molecule has 3 aromatic rings. The van der Waals surface area contributed by atoms with Gasteiger partial charge >= 0.3 is 0 Å². The fourth-order valence-corrected chi connectivity index (χ4v) is 4.60. The molecule has 0 unspecified atom stereocenters. The number of hydrogen-bond donors (Lipinski definition) is 5. The van der Waals surface area contributed by atoms with E-state index in [2.05, 4.69) is 62.0 Å². The number of aliphatic hydroxyl groups is 1. The summed E-state index contributed by atoms with van der Waals surface area (Å²) in [5.74, 6) is -0.288. The molecule has 0 aromatic heterocycles. The third-order valence-corrected chi connectivity index (χ3v) is 6.41. The van der Waals surface area contributed by atoms with Crippen LogP contribution in [0.4, 0.5) is 34.1 Å². The van der Waals surface area contributed by atoms with Gasteiger partial charge in [-0.1, -0.05) is 0 Å². The molecule has 0 saturated carbocycles. The molecule has 7 nitrogen and oxygen atoms in total. The van der Waals surface area contributed by atoms with E-state index in [4.69, 9.17) is 0 Å². The van der Waals surface area contributed by atoms with E-state index in [1.165, 1.54) is 6.07 Å². The van der Waals surface area contributed by atoms with Crippen molar-refractivity contribution in [2.75, 3.05) is 33.5 Å². The number of rotatable bonds is 11. The van der Waals surface area contributed by atoms with E-state index in [9.17, 15) is 15.3 Å². The minimum Gasteiger partial charge on any atom is -0.506 e. The molecule has 3 aromatic carbocycles. The van der Waals surface area contributed by atoms with Crippen molar-refractivity contribution >= 4 is 34.1 Å². The average Bonchev–Trinajstić information content (AvgIpc) is 2.84. The standard InChI is InChI=1S/C29H40N4O3/c1-7-32(19(3)4)23-13-9-21(10-14-23)30-28-25(18-34)29(27(36)17-26(28)35)31-22-11-15-24(16-12-22)33(8-2)20(5)6/h9-17,19-20,30-31,34-36H,7-8,18H2,1-6H3. The molecule has 0 bridgehead atoms. The van der Waals surface area contributed by atoms with Crippen molar-refractivity contribution in [2.24, 2.45) is 0 Å². The van der Waals surface area contributed by atoms with E-state index < -0.39 is 0 Å². The predicted octanol–water partition coefficient (Wildman–Crippen LogP) is 6.55. The molecule has 0 aliphatic heterocycles. The van der Waals surface area contributed by atoms with Gasteiger partial charge in [0.2, 0.25) is 0 Å². The maximum atomic E-state index is 10.6. The minimum absolute atomic E-state index is 0.144. The van der Waals surface area contributed by atoms with Crippen LogP contribution >= 0.6 is 0 Å². The van der Waals surface area contributed by atoms with Crippen LogP contribution in [0.25, 0.3) is 0 Å². The Bertz CT molecular complexity index is 1040. The highest BCUT2D eigenvalue weighted by atomic mass is 16.3. The van der Waals surface area contributed by atoms with Crippen LogP contribution in [0.1, 0.15) is 47.1 Å². The van der Waals surface area contributed by atoms with Gasteiger partial charge in [0.25, 0.3) is 0 Å². The molecular formula is C29H40N4O3. The van der Waals surface area contributed by atoms with Crippen molar-refractivity contribution in [3.8, 4) is 11.5 Å². The monoisotopic (exact) mass is 492 g/mol. The lowest BCUT2D eigenvalue weighted by atomic mass is 10.1. The summed E-state index contributed by atoms with van der Waals surface area (Å²) in [6.07, 6.45) is 0. The van der Waals surface area contributed by atoms with Gasteiger partial charge in [0.15, 0.2) is 0 Å². The minimum atomic E-state index is -0.378. The molecule has 0 amide bonds. The lowest BCUT2D eigenvalue weighted by molar-refractivity contribution is 0.282. The van der Waals surface area contributed by atoms with Gasteiger partial charge in [0.1, 0.15) is 11.5 Å². The van der Waals surface area contributed by atoms with Crippen molar-refractivity contribution in [2.45, 2.75) is 60.2 Å². The third-order valence-electron chi connectivity index (χ3n) is 6.41. The Balaban J connectivity index is 1.89. The molecule has 0 aliphatic rings. The second-order valence-electron chi connectivity index (χ2n) is 9.40. The topological polar surface area (TPSA) is 91.2 Å². The Kier molecular flexibility index (Phi) is 8.93. The van der Waals surface area contributed by atoms with Crippen LogP contribution in [0.3, 0.4) is 0 Å². The van der Waals surface area contributed by atoms with Crippen molar-refractivity contribution in [3.05, 3.63) is 60.2 Å². The van der Waals surface area contributed by atoms with E-state index in [0.29, 0.717) is 29.0 Å². The number of anilines is 6. The second kappa shape index (κ2) is 11.9. The molecule has 194 valence electrons. The molecule has 0 heterocycles. The number of benzene rings is 3. The zero-order chi connectivity index (χ0) is 26.4. The highest BCUT2D eigenvalue weighted by molar-refractivity contribution is 5.83. The van der Waals surface area contributed by atoms with Gasteiger partial charge in [-0.2, -0.15) is 0 Å². The molecule has 36 heavy (non-hydrogen) atoms. The van der Waals surface area contributed by atoms with Crippen LogP contribution in [0, 0.1) is 0 Å². The summed E-state index contributed by atoms with van der Waals surface area (Å²) in [6, 6.07) is 17.9. The lowest BCUT2D eigenvalue weighted by Gasteiger charge is -2.28. The van der Waals surface area contributed by atoms with Crippen LogP contribution in [-0.4, -0.2) is 40.5 Å². The molecular weight excluding hydrogens is 452 g/mol. The van der Waals surface area contributed by atoms with Gasteiger partial charge in [-0.05, 0) is 90.1 Å². The Hall–Kier alpha value is -3.58. The molecule has 7 heteroatoms. The smallest absolute Gasteiger partial charge is 0.143 e. The number of aliphatic hydroxyl groups excluding tert-OH is 1. The molecule has 0 fully saturated rings. The Morgan fingerprint density at radius 3 is 1.31 bits per heavy atom. The molecule has 0 spiro atoms. The quantitative estimate of drug-likeness (QED) is 0.153. The summed E-state index contributed by atoms with van der Waals surface area (Å²) in [5.41, 5.74) is 4.80. The Morgan fingerprint density at radius 2 is 1.03 bits per heavy atom. The summed E-state index contributed by atoms with van der Waals surface area (Å²) in [5, 5.41) is 37.9. The number of hydrogen-bond acceptors (Lipinski definition) is 7. The zero-order valence-corrected chi connectivity index (χ0v) is 22.2. The number of aromatic hydroxyl groups is 2. The summed E-state index contributed by atoms with van der Waals surface area (Å²) in [6.45, 7) is 14.3. The fraction of sp³-hybridized carbons (Fsp3) is 0.379. The summed E-state index contributed by atoms with van der Waals surface area (Å²) in [7, 11) is 0. The van der Waals surface area contributed by atoms with E-state index in [1.54, 1.807) is 0 Å². The molecule has 0 radical (unpaired) electrons. The Morgan fingerprint density at radius 1 is 0.667 bits per heavy atom. The van der Waals surface area contributed by atoms with Crippen molar-refractivity contribution in [1.82, 2.24) is 0 Å². The highest BCUT2D eigenvalue weighted by Gasteiger charge is 2.19. The zero-order valence-electron chi connectivity index (χ0n) is 22.2. The van der Waals surface area contributed by atoms with Crippen LogP contribution in [0.5, 0.6) is 11.5 Å². The number of phenols is 2. The second-order valence-corrected chi connectivity index (χ2v) is 9.40. The normalized spacial score (nSPS) is 11.1. The molecule has 3 rings (SSSR count). The number of nitrogens with zero attached hydrogens (tertiary/aromatic N) is 2. The van der Waals surface area contributed by atoms with E-state index in [1.807, 2.05) is 48.5 Å². The fourth-order valence-electron chi connectivity index (χ4n) is 4.60. The first-order valence-electron chi connectivity index (χ1n) is 12.7. The summed E-state index contributed by atoms with van der Waals surface area (Å²) < 4.78 is 0. The van der Waals surface area contributed by atoms with E-state index in [0.717, 1.165) is 35.8 Å². The number of nitrogens with one attached hydrogen (secondary N) is 2. The maximum absolute atomic E-state index is 10.6. The van der Waals surface area contributed by atoms with Crippen LogP contribution in [0.2, 0.25) is 0 Å². The number of phenolic OH excluding ortho intramolecular Hbond substituents is 2. The molecule has 5 N–H and O–H groups in total. The SMILES string of the molecule is CCN(c1ccc(Nc2c(O)cc(O)c(Nc3ccc(N(CC)C(C)C)cc3)c2CO)cc1)C(C)C. The highest BCUT2D eigenvalue weighted by Crippen LogP contribution is 2.43. The Labute approximate surface area is 215 Å². The molecule has 0 atom stereocenters. The lowest BCUT2D eigenvalue weighted by Crippen LogP contribution is -2.30. The van der Waals surface area contributed by atoms with Crippen LogP contribution in [-0.2, 0) is 6.61 Å². The molecule has 0 saturated heterocycles. The first-order chi connectivity index (χ1) is 17.2. The van der Waals surface area contributed by atoms with Gasteiger partial charge in [-0.15, -0.1) is 0 Å². The van der Waals surface area contributed by atoms with Crippen LogP contribution < -0.4 is 20.4 Å². The summed E-state index contributed by atoms with van der Waals surface area (Å²) >= 11 is 0. The van der Waals surface area contributed by atoms with Crippen molar-refractivity contribution < 1.29 is 15.3 Å². The third kappa shape index (κ3) is 5.97. The van der Waals surface area contributed by atoms with Gasteiger partial charge < -0.3 is 35.8 Å². The maximum Gasteiger partial charge on any atom is 0.143 e.